The van der Waals surface area contributed by atoms with Gasteiger partial charge in [0.25, 0.3) is 5.91 Å². The number of aliphatic hydroxyl groups is 1. The Kier molecular flexibility index (Phi) is 13.7. The zero-order valence-electron chi connectivity index (χ0n) is 31.8. The van der Waals surface area contributed by atoms with E-state index in [0.717, 1.165) is 12.8 Å². The number of hydrogen-bond acceptors (Lipinski definition) is 7. The Hall–Kier alpha value is -3.44. The number of nitrogens with zero attached hydrogens (tertiary/aromatic N) is 3. The van der Waals surface area contributed by atoms with Crippen molar-refractivity contribution in [2.45, 2.75) is 55.2 Å². The van der Waals surface area contributed by atoms with E-state index < -0.39 is 40.6 Å². The Labute approximate surface area is 342 Å². The van der Waals surface area contributed by atoms with E-state index in [9.17, 15) is 35.9 Å². The van der Waals surface area contributed by atoms with Gasteiger partial charge in [-0.05, 0) is 85.8 Å². The molecule has 2 fully saturated rings. The minimum absolute atomic E-state index is 0.00463. The van der Waals surface area contributed by atoms with Crippen molar-refractivity contribution < 1.29 is 55.2 Å². The first-order valence-electron chi connectivity index (χ1n) is 19.0. The number of ether oxygens (including phenoxy) is 3. The number of likely N-dealkylation sites (tertiary alicyclic amines) is 1. The second kappa shape index (κ2) is 18.0. The lowest BCUT2D eigenvalue weighted by Crippen LogP contribution is -2.54. The number of carbonyl (C=O) groups excluding carboxylic acids is 2. The lowest BCUT2D eigenvalue weighted by atomic mass is 9.72. The van der Waals surface area contributed by atoms with Gasteiger partial charge >= 0.3 is 12.4 Å². The maximum absolute atomic E-state index is 13.8. The molecule has 3 aliphatic rings. The Bertz CT molecular complexity index is 1910. The molecule has 3 aromatic rings. The molecule has 6 rings (SSSR count). The van der Waals surface area contributed by atoms with Gasteiger partial charge in [0, 0.05) is 37.7 Å². The van der Waals surface area contributed by atoms with Crippen LogP contribution in [-0.2, 0) is 48.8 Å². The summed E-state index contributed by atoms with van der Waals surface area (Å²) in [5, 5.41) is 9.41. The Morgan fingerprint density at radius 1 is 0.931 bits per heavy atom. The first-order valence-corrected chi connectivity index (χ1v) is 19.7. The zero-order valence-corrected chi connectivity index (χ0v) is 33.3. The molecule has 0 bridgehead atoms. The summed E-state index contributed by atoms with van der Waals surface area (Å²) in [7, 11) is 1.68. The van der Waals surface area contributed by atoms with Crippen LogP contribution in [0.15, 0.2) is 60.7 Å². The van der Waals surface area contributed by atoms with E-state index in [4.69, 9.17) is 42.5 Å². The number of fused-ring (bicyclic) bond motifs is 2. The molecule has 1 spiro atoms. The number of morpholine rings is 1. The molecule has 58 heavy (non-hydrogen) atoms. The molecule has 0 aromatic heterocycles. The lowest BCUT2D eigenvalue weighted by Gasteiger charge is -2.46. The number of benzene rings is 3. The Balaban J connectivity index is 1.18. The van der Waals surface area contributed by atoms with E-state index in [0.29, 0.717) is 63.3 Å². The van der Waals surface area contributed by atoms with Crippen molar-refractivity contribution in [2.75, 3.05) is 79.4 Å². The molecular formula is C41H45Cl2F6N3O6. The van der Waals surface area contributed by atoms with Crippen molar-refractivity contribution in [3.05, 3.63) is 104 Å². The second-order valence-corrected chi connectivity index (χ2v) is 15.9. The molecule has 0 radical (unpaired) electrons. The fraction of sp³-hybridized carbons (Fsp3) is 0.512. The molecule has 2 saturated heterocycles. The number of alkyl halides is 6. The molecule has 2 amide bonds. The lowest BCUT2D eigenvalue weighted by molar-refractivity contribution is -0.143. The van der Waals surface area contributed by atoms with Gasteiger partial charge in [0.2, 0.25) is 5.91 Å². The van der Waals surface area contributed by atoms with Gasteiger partial charge in [0.15, 0.2) is 0 Å². The van der Waals surface area contributed by atoms with Gasteiger partial charge < -0.3 is 34.0 Å². The molecule has 0 unspecified atom stereocenters. The molecule has 316 valence electrons. The van der Waals surface area contributed by atoms with Crippen molar-refractivity contribution in [1.82, 2.24) is 14.7 Å². The van der Waals surface area contributed by atoms with Gasteiger partial charge in [-0.1, -0.05) is 53.5 Å². The van der Waals surface area contributed by atoms with Crippen LogP contribution in [0.4, 0.5) is 26.3 Å². The van der Waals surface area contributed by atoms with Crippen LogP contribution in [-0.4, -0.2) is 117 Å². The van der Waals surface area contributed by atoms with Gasteiger partial charge in [0.05, 0.1) is 60.2 Å². The predicted molar refractivity (Wildman–Crippen MR) is 204 cm³/mol. The van der Waals surface area contributed by atoms with Crippen molar-refractivity contribution in [2.24, 2.45) is 0 Å². The summed E-state index contributed by atoms with van der Waals surface area (Å²) in [5.74, 6) is -1.17. The maximum atomic E-state index is 13.8. The zero-order chi connectivity index (χ0) is 41.9. The number of carbonyl (C=O) groups is 2. The Morgan fingerprint density at radius 3 is 2.28 bits per heavy atom. The summed E-state index contributed by atoms with van der Waals surface area (Å²) in [6.07, 6.45) is -8.08. The highest BCUT2D eigenvalue weighted by molar-refractivity contribution is 6.42. The molecule has 1 N–H and O–H groups in total. The first kappa shape index (κ1) is 44.1. The van der Waals surface area contributed by atoms with E-state index in [1.54, 1.807) is 30.1 Å². The smallest absolute Gasteiger partial charge is 0.394 e. The van der Waals surface area contributed by atoms with Crippen LogP contribution < -0.4 is 0 Å². The third-order valence-electron chi connectivity index (χ3n) is 11.5. The summed E-state index contributed by atoms with van der Waals surface area (Å²) in [6.45, 7) is 2.13. The van der Waals surface area contributed by atoms with Crippen LogP contribution in [0, 0.1) is 0 Å². The maximum Gasteiger partial charge on any atom is 0.416 e. The summed E-state index contributed by atoms with van der Waals surface area (Å²) in [4.78, 5) is 31.8. The standard InChI is InChI=1S/C41H45Cl2F6N3O6/c1-50(14-17-56-19-16-53)36(54)25-57-35-22-27-4-2-3-5-32(27)38(35)8-11-51(12-9-38)13-10-39(29-6-7-33(42)34(43)24-29)26-52(15-18-58-39)37(55)28-20-30(40(44,45)46)23-31(21-28)41(47,48)49/h2-7,20-21,23-24,35,53H,8-19,22,25-26H2,1H3/t35-,39+/m0/s1. The number of hydrogen-bond donors (Lipinski definition) is 1. The molecule has 3 aromatic carbocycles. The minimum atomic E-state index is -5.12. The third-order valence-corrected chi connectivity index (χ3v) is 12.3. The van der Waals surface area contributed by atoms with Crippen LogP contribution in [0.25, 0.3) is 0 Å². The van der Waals surface area contributed by atoms with Crippen molar-refractivity contribution in [3.63, 3.8) is 0 Å². The summed E-state index contributed by atoms with van der Waals surface area (Å²) < 4.78 is 100. The van der Waals surface area contributed by atoms with Gasteiger partial charge in [-0.2, -0.15) is 26.3 Å². The predicted octanol–water partition coefficient (Wildman–Crippen LogP) is 7.23. The van der Waals surface area contributed by atoms with E-state index in [2.05, 4.69) is 17.0 Å². The van der Waals surface area contributed by atoms with Gasteiger partial charge in [-0.3, -0.25) is 9.59 Å². The SMILES string of the molecule is CN(CCOCCO)C(=O)CO[C@H]1Cc2ccccc2C12CCN(CC[C@]1(c3ccc(Cl)c(Cl)c3)CN(C(=O)c3cc(C(F)(F)F)cc(C(F)(F)F)c3)CCO1)CC2. The summed E-state index contributed by atoms with van der Waals surface area (Å²) in [6, 6.07) is 13.9. The molecule has 9 nitrogen and oxygen atoms in total. The molecular weight excluding hydrogens is 815 g/mol. The van der Waals surface area contributed by atoms with Crippen LogP contribution in [0.3, 0.4) is 0 Å². The van der Waals surface area contributed by atoms with Gasteiger partial charge in [-0.15, -0.1) is 0 Å². The highest BCUT2D eigenvalue weighted by atomic mass is 35.5. The third kappa shape index (κ3) is 9.77. The molecule has 2 heterocycles. The van der Waals surface area contributed by atoms with E-state index >= 15 is 0 Å². The second-order valence-electron chi connectivity index (χ2n) is 15.1. The summed E-state index contributed by atoms with van der Waals surface area (Å²) in [5.41, 5.74) is -2.54. The molecule has 17 heteroatoms. The van der Waals surface area contributed by atoms with Gasteiger partial charge in [0.1, 0.15) is 12.2 Å². The average Bonchev–Trinajstić information content (AvgIpc) is 3.50. The number of likely N-dealkylation sites (N-methyl/N-ethyl adjacent to an activating group) is 1. The number of rotatable bonds is 13. The molecule has 2 aliphatic heterocycles. The van der Waals surface area contributed by atoms with Crippen molar-refractivity contribution in [1.29, 1.82) is 0 Å². The minimum Gasteiger partial charge on any atom is -0.394 e. The number of aliphatic hydroxyl groups excluding tert-OH is 1. The molecule has 2 atom stereocenters. The first-order chi connectivity index (χ1) is 27.5. The fourth-order valence-corrected chi connectivity index (χ4v) is 8.62. The quantitative estimate of drug-likeness (QED) is 0.143. The Morgan fingerprint density at radius 2 is 1.62 bits per heavy atom. The van der Waals surface area contributed by atoms with Crippen LogP contribution >= 0.6 is 23.2 Å². The average molecular weight is 861 g/mol. The topological polar surface area (TPSA) is 91.8 Å². The van der Waals surface area contributed by atoms with E-state index in [-0.39, 0.29) is 73.1 Å². The monoisotopic (exact) mass is 859 g/mol. The number of amides is 2. The van der Waals surface area contributed by atoms with Crippen molar-refractivity contribution in [3.8, 4) is 0 Å². The number of piperidine rings is 1. The highest BCUT2D eigenvalue weighted by Gasteiger charge is 2.50. The number of halogens is 8. The van der Waals surface area contributed by atoms with Gasteiger partial charge in [-0.25, -0.2) is 0 Å². The van der Waals surface area contributed by atoms with Crippen LogP contribution in [0.5, 0.6) is 0 Å². The molecule has 0 saturated carbocycles. The summed E-state index contributed by atoms with van der Waals surface area (Å²) >= 11 is 12.7. The van der Waals surface area contributed by atoms with Crippen LogP contribution in [0.1, 0.15) is 57.4 Å². The largest absolute Gasteiger partial charge is 0.416 e. The fourth-order valence-electron chi connectivity index (χ4n) is 8.32. The highest BCUT2D eigenvalue weighted by Crippen LogP contribution is 2.48. The van der Waals surface area contributed by atoms with E-state index in [1.165, 1.54) is 16.0 Å². The van der Waals surface area contributed by atoms with Crippen LogP contribution in [0.2, 0.25) is 10.0 Å². The van der Waals surface area contributed by atoms with E-state index in [1.807, 2.05) is 12.1 Å². The normalized spacial score (nSPS) is 21.0. The molecule has 1 aliphatic carbocycles. The van der Waals surface area contributed by atoms with Crippen molar-refractivity contribution >= 4 is 35.0 Å².